The number of benzene rings is 1. The summed E-state index contributed by atoms with van der Waals surface area (Å²) in [4.78, 5) is 12.2. The number of hydrogen-bond acceptors (Lipinski definition) is 2. The Balaban J connectivity index is 2.45. The molecule has 0 bridgehead atoms. The van der Waals surface area contributed by atoms with Gasteiger partial charge in [0.15, 0.2) is 5.78 Å². The number of ketones is 1. The van der Waals surface area contributed by atoms with Crippen LogP contribution in [0.25, 0.3) is 0 Å². The minimum absolute atomic E-state index is 0.00639. The molecule has 0 fully saturated rings. The summed E-state index contributed by atoms with van der Waals surface area (Å²) >= 11 is 3.42. The lowest BCUT2D eigenvalue weighted by atomic mass is 10.0. The third-order valence-corrected chi connectivity index (χ3v) is 3.34. The fraction of sp³-hybridized carbons (Fsp3) is 0.167. The highest BCUT2D eigenvalue weighted by atomic mass is 79.9. The predicted molar refractivity (Wildman–Crippen MR) is 65.5 cm³/mol. The molecule has 4 heteroatoms. The topological polar surface area (TPSA) is 34.9 Å². The monoisotopic (exact) mass is 278 g/mol. The second kappa shape index (κ2) is 4.22. The SMILES string of the molecule is Cc1c(Br)cccc1C(=O)c1cnn(C)c1. The van der Waals surface area contributed by atoms with Crippen LogP contribution in [-0.4, -0.2) is 15.6 Å². The molecule has 0 N–H and O–H groups in total. The number of hydrogen-bond donors (Lipinski definition) is 0. The molecule has 0 spiro atoms. The Labute approximate surface area is 102 Å². The van der Waals surface area contributed by atoms with Crippen LogP contribution in [0.1, 0.15) is 21.5 Å². The first-order valence-electron chi connectivity index (χ1n) is 4.88. The molecular weight excluding hydrogens is 268 g/mol. The third-order valence-electron chi connectivity index (χ3n) is 2.48. The van der Waals surface area contributed by atoms with Crippen LogP contribution in [0.3, 0.4) is 0 Å². The molecule has 82 valence electrons. The van der Waals surface area contributed by atoms with Gasteiger partial charge in [0.2, 0.25) is 0 Å². The van der Waals surface area contributed by atoms with Crippen molar-refractivity contribution in [2.24, 2.45) is 7.05 Å². The van der Waals surface area contributed by atoms with Gasteiger partial charge in [0.1, 0.15) is 0 Å². The van der Waals surface area contributed by atoms with E-state index in [1.807, 2.05) is 25.1 Å². The van der Waals surface area contributed by atoms with Gasteiger partial charge in [-0.3, -0.25) is 9.48 Å². The maximum atomic E-state index is 12.2. The lowest BCUT2D eigenvalue weighted by molar-refractivity contribution is 0.103. The first-order valence-corrected chi connectivity index (χ1v) is 5.67. The van der Waals surface area contributed by atoms with Gasteiger partial charge in [-0.25, -0.2) is 0 Å². The second-order valence-electron chi connectivity index (χ2n) is 3.64. The number of nitrogens with zero attached hydrogens (tertiary/aromatic N) is 2. The predicted octanol–water partition coefficient (Wildman–Crippen LogP) is 2.72. The average molecular weight is 279 g/mol. The van der Waals surface area contributed by atoms with E-state index in [1.54, 1.807) is 24.1 Å². The number of aromatic nitrogens is 2. The van der Waals surface area contributed by atoms with E-state index in [1.165, 1.54) is 0 Å². The summed E-state index contributed by atoms with van der Waals surface area (Å²) in [5, 5.41) is 4.00. The van der Waals surface area contributed by atoms with Gasteiger partial charge in [-0.2, -0.15) is 5.10 Å². The molecule has 0 aliphatic heterocycles. The molecule has 2 aromatic rings. The molecule has 0 atom stereocenters. The average Bonchev–Trinajstić information content (AvgIpc) is 2.68. The van der Waals surface area contributed by atoms with Gasteiger partial charge in [-0.05, 0) is 18.6 Å². The minimum Gasteiger partial charge on any atom is -0.288 e. The summed E-state index contributed by atoms with van der Waals surface area (Å²) in [5.74, 6) is 0.00639. The first kappa shape index (κ1) is 11.1. The van der Waals surface area contributed by atoms with E-state index in [0.29, 0.717) is 11.1 Å². The maximum absolute atomic E-state index is 12.2. The molecule has 0 saturated heterocycles. The molecule has 1 aromatic carbocycles. The zero-order chi connectivity index (χ0) is 11.7. The molecule has 0 amide bonds. The van der Waals surface area contributed by atoms with Gasteiger partial charge >= 0.3 is 0 Å². The van der Waals surface area contributed by atoms with E-state index in [9.17, 15) is 4.79 Å². The molecule has 3 nitrogen and oxygen atoms in total. The molecule has 0 radical (unpaired) electrons. The Bertz CT molecular complexity index is 546. The number of rotatable bonds is 2. The second-order valence-corrected chi connectivity index (χ2v) is 4.50. The van der Waals surface area contributed by atoms with Crippen LogP contribution >= 0.6 is 15.9 Å². The fourth-order valence-corrected chi connectivity index (χ4v) is 1.91. The number of carbonyl (C=O) groups is 1. The van der Waals surface area contributed by atoms with E-state index in [2.05, 4.69) is 21.0 Å². The van der Waals surface area contributed by atoms with Crippen molar-refractivity contribution in [1.82, 2.24) is 9.78 Å². The van der Waals surface area contributed by atoms with Crippen LogP contribution < -0.4 is 0 Å². The van der Waals surface area contributed by atoms with Crippen LogP contribution in [0, 0.1) is 6.92 Å². The van der Waals surface area contributed by atoms with Crippen molar-refractivity contribution < 1.29 is 4.79 Å². The Kier molecular flexibility index (Phi) is 2.92. The zero-order valence-electron chi connectivity index (χ0n) is 9.07. The number of aryl methyl sites for hydroxylation is 1. The van der Waals surface area contributed by atoms with Gasteiger partial charge in [0, 0.05) is 23.3 Å². The Morgan fingerprint density at radius 2 is 2.19 bits per heavy atom. The molecule has 0 aliphatic rings. The van der Waals surface area contributed by atoms with Crippen molar-refractivity contribution in [1.29, 1.82) is 0 Å². The quantitative estimate of drug-likeness (QED) is 0.792. The Morgan fingerprint density at radius 3 is 2.81 bits per heavy atom. The summed E-state index contributed by atoms with van der Waals surface area (Å²) in [6.45, 7) is 1.92. The van der Waals surface area contributed by atoms with E-state index in [4.69, 9.17) is 0 Å². The molecule has 1 heterocycles. The largest absolute Gasteiger partial charge is 0.288 e. The molecule has 1 aromatic heterocycles. The molecule has 0 aliphatic carbocycles. The van der Waals surface area contributed by atoms with Crippen LogP contribution in [0.4, 0.5) is 0 Å². The molecule has 0 saturated carbocycles. The first-order chi connectivity index (χ1) is 7.59. The van der Waals surface area contributed by atoms with E-state index < -0.39 is 0 Å². The number of halogens is 1. The highest BCUT2D eigenvalue weighted by Crippen LogP contribution is 2.21. The molecular formula is C12H11BrN2O. The fourth-order valence-electron chi connectivity index (χ4n) is 1.55. The van der Waals surface area contributed by atoms with Crippen molar-refractivity contribution in [3.8, 4) is 0 Å². The Hall–Kier alpha value is -1.42. The van der Waals surface area contributed by atoms with Gasteiger partial charge in [-0.1, -0.05) is 28.1 Å². The van der Waals surface area contributed by atoms with Crippen LogP contribution in [0.15, 0.2) is 35.1 Å². The van der Waals surface area contributed by atoms with Crippen LogP contribution in [-0.2, 0) is 7.05 Å². The minimum atomic E-state index is 0.00639. The van der Waals surface area contributed by atoms with Gasteiger partial charge < -0.3 is 0 Å². The molecule has 0 unspecified atom stereocenters. The van der Waals surface area contributed by atoms with Crippen molar-refractivity contribution in [3.63, 3.8) is 0 Å². The standard InChI is InChI=1S/C12H11BrN2O/c1-8-10(4-3-5-11(8)13)12(16)9-6-14-15(2)7-9/h3-7H,1-2H3. The summed E-state index contributed by atoms with van der Waals surface area (Å²) in [6.07, 6.45) is 3.31. The van der Waals surface area contributed by atoms with Crippen molar-refractivity contribution in [2.75, 3.05) is 0 Å². The van der Waals surface area contributed by atoms with Crippen molar-refractivity contribution >= 4 is 21.7 Å². The maximum Gasteiger partial charge on any atom is 0.196 e. The van der Waals surface area contributed by atoms with Gasteiger partial charge in [-0.15, -0.1) is 0 Å². The van der Waals surface area contributed by atoms with Gasteiger partial charge in [0.05, 0.1) is 11.8 Å². The summed E-state index contributed by atoms with van der Waals surface area (Å²) in [6, 6.07) is 5.62. The lowest BCUT2D eigenvalue weighted by Crippen LogP contribution is -2.02. The smallest absolute Gasteiger partial charge is 0.196 e. The van der Waals surface area contributed by atoms with Crippen molar-refractivity contribution in [3.05, 3.63) is 51.8 Å². The number of carbonyl (C=O) groups excluding carboxylic acids is 1. The van der Waals surface area contributed by atoms with Crippen LogP contribution in [0.5, 0.6) is 0 Å². The third kappa shape index (κ3) is 1.93. The van der Waals surface area contributed by atoms with E-state index in [0.717, 1.165) is 10.0 Å². The van der Waals surface area contributed by atoms with E-state index in [-0.39, 0.29) is 5.78 Å². The van der Waals surface area contributed by atoms with Crippen LogP contribution in [0.2, 0.25) is 0 Å². The molecule has 16 heavy (non-hydrogen) atoms. The summed E-state index contributed by atoms with van der Waals surface area (Å²) in [5.41, 5.74) is 2.28. The van der Waals surface area contributed by atoms with Gasteiger partial charge in [0.25, 0.3) is 0 Å². The lowest BCUT2D eigenvalue weighted by Gasteiger charge is -2.04. The zero-order valence-corrected chi connectivity index (χ0v) is 10.7. The highest BCUT2D eigenvalue weighted by molar-refractivity contribution is 9.10. The van der Waals surface area contributed by atoms with E-state index >= 15 is 0 Å². The normalized spacial score (nSPS) is 10.4. The Morgan fingerprint density at radius 1 is 1.44 bits per heavy atom. The highest BCUT2D eigenvalue weighted by Gasteiger charge is 2.14. The molecule has 2 rings (SSSR count). The van der Waals surface area contributed by atoms with Crippen molar-refractivity contribution in [2.45, 2.75) is 6.92 Å². The summed E-state index contributed by atoms with van der Waals surface area (Å²) in [7, 11) is 1.80. The summed E-state index contributed by atoms with van der Waals surface area (Å²) < 4.78 is 2.57.